The van der Waals surface area contributed by atoms with Crippen molar-refractivity contribution in [2.24, 2.45) is 0 Å². The highest BCUT2D eigenvalue weighted by atomic mass is 16.6. The molecule has 0 aromatic heterocycles. The number of ether oxygens (including phenoxy) is 3. The van der Waals surface area contributed by atoms with Gasteiger partial charge < -0.3 is 34.2 Å². The molecule has 2 aromatic carbocycles. The van der Waals surface area contributed by atoms with Crippen molar-refractivity contribution in [3.05, 3.63) is 58.7 Å². The van der Waals surface area contributed by atoms with Crippen LogP contribution in [-0.2, 0) is 36.7 Å². The summed E-state index contributed by atoms with van der Waals surface area (Å²) in [5.41, 5.74) is 4.25. The van der Waals surface area contributed by atoms with E-state index in [4.69, 9.17) is 14.2 Å². The quantitative estimate of drug-likeness (QED) is 0.261. The second kappa shape index (κ2) is 19.3. The van der Waals surface area contributed by atoms with E-state index in [-0.39, 0.29) is 37.8 Å². The molecule has 4 amide bonds. The number of aryl methyl sites for hydroxylation is 2. The van der Waals surface area contributed by atoms with Crippen LogP contribution in [0.5, 0.6) is 5.75 Å². The topological polar surface area (TPSA) is 141 Å². The number of esters is 1. The van der Waals surface area contributed by atoms with Gasteiger partial charge in [-0.2, -0.15) is 0 Å². The highest BCUT2D eigenvalue weighted by Crippen LogP contribution is 2.28. The van der Waals surface area contributed by atoms with Crippen molar-refractivity contribution in [3.8, 4) is 5.75 Å². The molecule has 3 saturated heterocycles. The molecular formula is C41H58N6O8. The molecule has 2 aromatic rings. The maximum atomic E-state index is 14.2. The molecule has 0 spiro atoms. The Balaban J connectivity index is 0.00000580. The summed E-state index contributed by atoms with van der Waals surface area (Å²) in [6, 6.07) is 11.8. The minimum atomic E-state index is -1.04. The van der Waals surface area contributed by atoms with Crippen molar-refractivity contribution in [1.82, 2.24) is 24.5 Å². The van der Waals surface area contributed by atoms with Crippen LogP contribution in [0.1, 0.15) is 62.3 Å². The second-order valence-corrected chi connectivity index (χ2v) is 14.8. The molecule has 4 aliphatic rings. The number of amides is 4. The van der Waals surface area contributed by atoms with Gasteiger partial charge in [-0.25, -0.2) is 9.59 Å². The Hall–Kier alpha value is -4.69. The Kier molecular flexibility index (Phi) is 14.5. The number of carbonyl (C=O) groups is 5. The average Bonchev–Trinajstić information content (AvgIpc) is 3.34. The molecule has 14 nitrogen and oxygen atoms in total. The molecule has 1 atom stereocenters. The monoisotopic (exact) mass is 762 g/mol. The number of anilines is 1. The first kappa shape index (κ1) is 41.5. The Morgan fingerprint density at radius 2 is 1.53 bits per heavy atom. The van der Waals surface area contributed by atoms with E-state index in [1.165, 1.54) is 0 Å². The van der Waals surface area contributed by atoms with Crippen molar-refractivity contribution < 1.29 is 38.2 Å². The van der Waals surface area contributed by atoms with Crippen LogP contribution in [-0.4, -0.2) is 145 Å². The zero-order valence-corrected chi connectivity index (χ0v) is 31.8. The zero-order valence-electron chi connectivity index (χ0n) is 31.8. The van der Waals surface area contributed by atoms with Crippen molar-refractivity contribution >= 4 is 36.2 Å². The molecule has 4 heterocycles. The van der Waals surface area contributed by atoms with E-state index in [0.29, 0.717) is 90.1 Å². The molecule has 0 radical (unpaired) electrons. The van der Waals surface area contributed by atoms with Gasteiger partial charge in [-0.3, -0.25) is 24.2 Å². The SMILES string of the molecule is C.CCOC(=O)CN1CCC(N2CCN(C(=O)[C@@H](Cc3cc(C)c(OC=O)c(C)c3)OC(=O)N3CCC(N4CCc5ccccc5NC4=O)CC3)CC2)CC1. The average molecular weight is 763 g/mol. The molecule has 6 rings (SSSR count). The van der Waals surface area contributed by atoms with Gasteiger partial charge in [0.05, 0.1) is 13.2 Å². The van der Waals surface area contributed by atoms with Crippen molar-refractivity contribution in [1.29, 1.82) is 0 Å². The second-order valence-electron chi connectivity index (χ2n) is 14.8. The summed E-state index contributed by atoms with van der Waals surface area (Å²) in [6.07, 6.45) is 2.47. The van der Waals surface area contributed by atoms with Gasteiger partial charge in [0.15, 0.2) is 6.10 Å². The maximum Gasteiger partial charge on any atom is 0.410 e. The number of piperazine rings is 1. The first-order valence-corrected chi connectivity index (χ1v) is 19.4. The highest BCUT2D eigenvalue weighted by molar-refractivity contribution is 5.91. The van der Waals surface area contributed by atoms with Crippen LogP contribution in [0.2, 0.25) is 0 Å². The zero-order chi connectivity index (χ0) is 38.2. The van der Waals surface area contributed by atoms with Crippen LogP contribution in [0.25, 0.3) is 0 Å². The molecule has 0 bridgehead atoms. The van der Waals surface area contributed by atoms with Crippen LogP contribution >= 0.6 is 0 Å². The van der Waals surface area contributed by atoms with Crippen molar-refractivity contribution in [2.75, 3.05) is 77.4 Å². The summed E-state index contributed by atoms with van der Waals surface area (Å²) >= 11 is 0. The number of nitrogens with zero attached hydrogens (tertiary/aromatic N) is 5. The number of rotatable bonds is 11. The maximum absolute atomic E-state index is 14.2. The van der Waals surface area contributed by atoms with Gasteiger partial charge in [0.1, 0.15) is 5.75 Å². The molecule has 0 unspecified atom stereocenters. The van der Waals surface area contributed by atoms with E-state index >= 15 is 0 Å². The number of urea groups is 1. The van der Waals surface area contributed by atoms with Gasteiger partial charge in [0.25, 0.3) is 12.4 Å². The molecule has 0 saturated carbocycles. The number of hydrogen-bond acceptors (Lipinski definition) is 10. The smallest absolute Gasteiger partial charge is 0.410 e. The first-order valence-electron chi connectivity index (χ1n) is 19.4. The molecule has 55 heavy (non-hydrogen) atoms. The fourth-order valence-electron chi connectivity index (χ4n) is 8.42. The lowest BCUT2D eigenvalue weighted by molar-refractivity contribution is -0.144. The summed E-state index contributed by atoms with van der Waals surface area (Å²) in [4.78, 5) is 74.0. The largest absolute Gasteiger partial charge is 0.465 e. The molecule has 4 aliphatic heterocycles. The van der Waals surface area contributed by atoms with Gasteiger partial charge in [0.2, 0.25) is 0 Å². The summed E-state index contributed by atoms with van der Waals surface area (Å²) in [5, 5.41) is 3.04. The third-order valence-electron chi connectivity index (χ3n) is 11.3. The first-order chi connectivity index (χ1) is 26.1. The third-order valence-corrected chi connectivity index (χ3v) is 11.3. The Bertz CT molecular complexity index is 1640. The predicted molar refractivity (Wildman–Crippen MR) is 208 cm³/mol. The third kappa shape index (κ3) is 10.3. The van der Waals surface area contributed by atoms with Crippen molar-refractivity contribution in [3.63, 3.8) is 0 Å². The lowest BCUT2D eigenvalue weighted by Gasteiger charge is -2.43. The van der Waals surface area contributed by atoms with E-state index in [9.17, 15) is 24.0 Å². The minimum absolute atomic E-state index is 0. The van der Waals surface area contributed by atoms with Crippen molar-refractivity contribution in [2.45, 2.75) is 84.9 Å². The summed E-state index contributed by atoms with van der Waals surface area (Å²) < 4.78 is 16.4. The molecule has 14 heteroatoms. The Morgan fingerprint density at radius 1 is 0.873 bits per heavy atom. The van der Waals surface area contributed by atoms with Gasteiger partial charge in [-0.15, -0.1) is 0 Å². The number of nitrogens with one attached hydrogen (secondary N) is 1. The van der Waals surface area contributed by atoms with E-state index in [0.717, 1.165) is 60.3 Å². The number of fused-ring (bicyclic) bond motifs is 1. The van der Waals surface area contributed by atoms with E-state index in [1.54, 1.807) is 9.80 Å². The Labute approximate surface area is 325 Å². The number of benzene rings is 2. The van der Waals surface area contributed by atoms with Crippen LogP contribution in [0, 0.1) is 13.8 Å². The lowest BCUT2D eigenvalue weighted by atomic mass is 10.00. The van der Waals surface area contributed by atoms with E-state index in [2.05, 4.69) is 15.1 Å². The van der Waals surface area contributed by atoms with Crippen LogP contribution in [0.4, 0.5) is 15.3 Å². The number of para-hydroxylation sites is 1. The van der Waals surface area contributed by atoms with Gasteiger partial charge in [-0.1, -0.05) is 37.8 Å². The standard InChI is InChI=1S/C40H54N6O8.CH4/c1-4-52-36(48)26-42-14-10-32(11-15-42)43-19-21-44(22-20-43)38(49)35(25-30-23-28(2)37(53-27-47)29(3)24-30)54-40(51)45-16-12-33(13-17-45)46-18-9-31-7-5-6-8-34(31)41-39(46)50;/h5-8,23-24,27,32-33,35H,4,9-22,25-26H2,1-3H3,(H,41,50);1H4/t35-;/m1./s1. The van der Waals surface area contributed by atoms with Gasteiger partial charge in [-0.05, 0) is 81.2 Å². The molecule has 300 valence electrons. The fourth-order valence-corrected chi connectivity index (χ4v) is 8.42. The normalized spacial score (nSPS) is 19.3. The highest BCUT2D eigenvalue weighted by Gasteiger charge is 2.36. The number of hydrogen-bond donors (Lipinski definition) is 1. The lowest BCUT2D eigenvalue weighted by Crippen LogP contribution is -2.57. The molecule has 0 aliphatic carbocycles. The van der Waals surface area contributed by atoms with Crippen LogP contribution in [0.3, 0.4) is 0 Å². The fraction of sp³-hybridized carbons (Fsp3) is 0.585. The predicted octanol–water partition coefficient (Wildman–Crippen LogP) is 4.25. The van der Waals surface area contributed by atoms with Crippen LogP contribution < -0.4 is 10.1 Å². The van der Waals surface area contributed by atoms with E-state index in [1.807, 2.05) is 62.1 Å². The van der Waals surface area contributed by atoms with Gasteiger partial charge >= 0.3 is 18.1 Å². The summed E-state index contributed by atoms with van der Waals surface area (Å²) in [6.45, 7) is 12.1. The van der Waals surface area contributed by atoms with Gasteiger partial charge in [0, 0.05) is 83.1 Å². The molecule has 3 fully saturated rings. The Morgan fingerprint density at radius 3 is 2.18 bits per heavy atom. The number of piperidine rings is 2. The van der Waals surface area contributed by atoms with E-state index < -0.39 is 12.2 Å². The number of carbonyl (C=O) groups excluding carboxylic acids is 5. The molecule has 1 N–H and O–H groups in total. The number of likely N-dealkylation sites (tertiary alicyclic amines) is 2. The summed E-state index contributed by atoms with van der Waals surface area (Å²) in [7, 11) is 0. The van der Waals surface area contributed by atoms with Crippen LogP contribution in [0.15, 0.2) is 36.4 Å². The minimum Gasteiger partial charge on any atom is -0.465 e. The molecular weight excluding hydrogens is 704 g/mol. The summed E-state index contributed by atoms with van der Waals surface area (Å²) in [5.74, 6) is 0.0552.